The molecule has 25 heavy (non-hydrogen) atoms. The molecule has 1 aliphatic heterocycles. The van der Waals surface area contributed by atoms with Crippen molar-refractivity contribution >= 4 is 11.8 Å². The molecule has 2 aliphatic rings. The van der Waals surface area contributed by atoms with Crippen LogP contribution in [0.2, 0.25) is 0 Å². The second-order valence-corrected chi connectivity index (χ2v) is 6.97. The van der Waals surface area contributed by atoms with Crippen LogP contribution in [0.1, 0.15) is 38.5 Å². The molecule has 1 saturated carbocycles. The van der Waals surface area contributed by atoms with Gasteiger partial charge in [-0.15, -0.1) is 0 Å². The normalized spacial score (nSPS) is 20.7. The summed E-state index contributed by atoms with van der Waals surface area (Å²) in [7, 11) is 0. The van der Waals surface area contributed by atoms with E-state index in [1.54, 1.807) is 0 Å². The lowest BCUT2D eigenvalue weighted by molar-refractivity contribution is 0.120. The molecule has 0 radical (unpaired) electrons. The first-order valence-electron chi connectivity index (χ1n) is 9.43. The second kappa shape index (κ2) is 7.83. The van der Waals surface area contributed by atoms with Crippen LogP contribution in [0.15, 0.2) is 36.4 Å². The lowest BCUT2D eigenvalue weighted by Crippen LogP contribution is -2.20. The van der Waals surface area contributed by atoms with Crippen LogP contribution < -0.4 is 10.6 Å². The third kappa shape index (κ3) is 4.28. The van der Waals surface area contributed by atoms with Crippen LogP contribution in [0.5, 0.6) is 0 Å². The van der Waals surface area contributed by atoms with Gasteiger partial charge in [0.05, 0.1) is 11.8 Å². The van der Waals surface area contributed by atoms with Gasteiger partial charge < -0.3 is 15.4 Å². The topological polar surface area (TPSA) is 59.1 Å². The molecule has 0 amide bonds. The number of ether oxygens (including phenoxy) is 1. The summed E-state index contributed by atoms with van der Waals surface area (Å²) in [5, 5.41) is 6.97. The highest BCUT2D eigenvalue weighted by molar-refractivity contribution is 5.64. The van der Waals surface area contributed by atoms with Gasteiger partial charge in [0.1, 0.15) is 5.82 Å². The summed E-state index contributed by atoms with van der Waals surface area (Å²) in [5.41, 5.74) is 2.06. The summed E-state index contributed by atoms with van der Waals surface area (Å²) in [5.74, 6) is 1.59. The number of nitrogens with one attached hydrogen (secondary N) is 2. The predicted molar refractivity (Wildman–Crippen MR) is 101 cm³/mol. The quantitative estimate of drug-likeness (QED) is 0.831. The van der Waals surface area contributed by atoms with Crippen molar-refractivity contribution in [1.29, 1.82) is 0 Å². The first-order valence-corrected chi connectivity index (χ1v) is 9.43. The van der Waals surface area contributed by atoms with Crippen molar-refractivity contribution in [1.82, 2.24) is 9.97 Å². The van der Waals surface area contributed by atoms with Gasteiger partial charge in [-0.1, -0.05) is 43.2 Å². The summed E-state index contributed by atoms with van der Waals surface area (Å²) in [4.78, 5) is 9.45. The summed E-state index contributed by atoms with van der Waals surface area (Å²) in [6.45, 7) is 1.67. The number of anilines is 2. The van der Waals surface area contributed by atoms with Crippen molar-refractivity contribution in [3.05, 3.63) is 36.4 Å². The molecule has 1 saturated heterocycles. The van der Waals surface area contributed by atoms with E-state index in [2.05, 4.69) is 22.8 Å². The molecular weight excluding hydrogens is 312 g/mol. The Bertz CT molecular complexity index is 679. The molecule has 0 bridgehead atoms. The third-order valence-corrected chi connectivity index (χ3v) is 5.02. The number of benzene rings is 1. The molecule has 2 N–H and O–H groups in total. The molecule has 1 atom stereocenters. The number of hydrogen-bond donors (Lipinski definition) is 2. The monoisotopic (exact) mass is 338 g/mol. The maximum absolute atomic E-state index is 5.71. The summed E-state index contributed by atoms with van der Waals surface area (Å²) < 4.78 is 5.71. The van der Waals surface area contributed by atoms with E-state index in [0.29, 0.717) is 12.1 Å². The molecule has 0 spiro atoms. The van der Waals surface area contributed by atoms with Crippen molar-refractivity contribution in [3.8, 4) is 11.3 Å². The van der Waals surface area contributed by atoms with E-state index in [-0.39, 0.29) is 0 Å². The zero-order valence-corrected chi connectivity index (χ0v) is 14.6. The Kier molecular flexibility index (Phi) is 5.11. The van der Waals surface area contributed by atoms with Gasteiger partial charge in [0, 0.05) is 30.8 Å². The highest BCUT2D eigenvalue weighted by Gasteiger charge is 2.18. The van der Waals surface area contributed by atoms with Crippen molar-refractivity contribution in [3.63, 3.8) is 0 Å². The lowest BCUT2D eigenvalue weighted by Gasteiger charge is -2.16. The van der Waals surface area contributed by atoms with E-state index >= 15 is 0 Å². The minimum atomic E-state index is 0.293. The predicted octanol–water partition coefficient (Wildman–Crippen LogP) is 4.09. The summed E-state index contributed by atoms with van der Waals surface area (Å²) in [6, 6.07) is 12.8. The first kappa shape index (κ1) is 16.3. The number of rotatable bonds is 6. The van der Waals surface area contributed by atoms with Crippen LogP contribution in [-0.4, -0.2) is 35.3 Å². The van der Waals surface area contributed by atoms with Crippen LogP contribution in [0.4, 0.5) is 11.8 Å². The Labute approximate surface area is 149 Å². The van der Waals surface area contributed by atoms with Gasteiger partial charge >= 0.3 is 0 Å². The van der Waals surface area contributed by atoms with E-state index < -0.39 is 0 Å². The molecule has 5 nitrogen and oxygen atoms in total. The number of aromatic nitrogens is 2. The van der Waals surface area contributed by atoms with Gasteiger partial charge in [-0.25, -0.2) is 4.98 Å². The molecular formula is C20H26N4O. The molecule has 0 unspecified atom stereocenters. The van der Waals surface area contributed by atoms with Crippen LogP contribution in [0, 0.1) is 0 Å². The van der Waals surface area contributed by atoms with Crippen molar-refractivity contribution < 1.29 is 4.74 Å². The van der Waals surface area contributed by atoms with Crippen molar-refractivity contribution in [2.45, 2.75) is 50.7 Å². The standard InChI is InChI=1S/C20H26N4O/c1-2-7-15(8-3-1)18-13-19(21-14-17-11-6-12-25-17)24-20(23-18)22-16-9-4-5-10-16/h1-3,7-8,13,16-17H,4-6,9-12,14H2,(H2,21,22,23,24)/t17-/m0/s1. The van der Waals surface area contributed by atoms with E-state index in [9.17, 15) is 0 Å². The Morgan fingerprint density at radius 3 is 2.60 bits per heavy atom. The summed E-state index contributed by atoms with van der Waals surface area (Å²) in [6.07, 6.45) is 7.56. The lowest BCUT2D eigenvalue weighted by atomic mass is 10.1. The van der Waals surface area contributed by atoms with Crippen LogP contribution in [0.25, 0.3) is 11.3 Å². The molecule has 1 aliphatic carbocycles. The molecule has 132 valence electrons. The van der Waals surface area contributed by atoms with Crippen molar-refractivity contribution in [2.75, 3.05) is 23.8 Å². The molecule has 2 heterocycles. The van der Waals surface area contributed by atoms with Gasteiger partial charge in [-0.05, 0) is 25.7 Å². The summed E-state index contributed by atoms with van der Waals surface area (Å²) >= 11 is 0. The Morgan fingerprint density at radius 2 is 1.84 bits per heavy atom. The highest BCUT2D eigenvalue weighted by Crippen LogP contribution is 2.25. The molecule has 2 aromatic rings. The Balaban J connectivity index is 1.55. The molecule has 5 heteroatoms. The van der Waals surface area contributed by atoms with E-state index in [4.69, 9.17) is 14.7 Å². The van der Waals surface area contributed by atoms with Gasteiger partial charge in [0.25, 0.3) is 0 Å². The van der Waals surface area contributed by atoms with E-state index in [0.717, 1.165) is 49.0 Å². The zero-order chi connectivity index (χ0) is 16.9. The van der Waals surface area contributed by atoms with Crippen LogP contribution in [-0.2, 0) is 4.74 Å². The average Bonchev–Trinajstić information content (AvgIpc) is 3.34. The second-order valence-electron chi connectivity index (χ2n) is 6.97. The Hall–Kier alpha value is -2.14. The zero-order valence-electron chi connectivity index (χ0n) is 14.6. The van der Waals surface area contributed by atoms with E-state index in [1.807, 2.05) is 24.3 Å². The van der Waals surface area contributed by atoms with Gasteiger partial charge in [-0.3, -0.25) is 0 Å². The van der Waals surface area contributed by atoms with Gasteiger partial charge in [0.15, 0.2) is 0 Å². The van der Waals surface area contributed by atoms with Crippen LogP contribution in [0.3, 0.4) is 0 Å². The first-order chi connectivity index (χ1) is 12.4. The minimum Gasteiger partial charge on any atom is -0.376 e. The molecule has 4 rings (SSSR count). The maximum atomic E-state index is 5.71. The average molecular weight is 338 g/mol. The van der Waals surface area contributed by atoms with Crippen molar-refractivity contribution in [2.24, 2.45) is 0 Å². The highest BCUT2D eigenvalue weighted by atomic mass is 16.5. The fourth-order valence-electron chi connectivity index (χ4n) is 3.64. The van der Waals surface area contributed by atoms with Gasteiger partial charge in [-0.2, -0.15) is 4.98 Å². The van der Waals surface area contributed by atoms with E-state index in [1.165, 1.54) is 25.7 Å². The molecule has 2 fully saturated rings. The molecule has 1 aromatic heterocycles. The smallest absolute Gasteiger partial charge is 0.225 e. The fraction of sp³-hybridized carbons (Fsp3) is 0.500. The molecule has 1 aromatic carbocycles. The van der Waals surface area contributed by atoms with Gasteiger partial charge in [0.2, 0.25) is 5.95 Å². The van der Waals surface area contributed by atoms with Crippen LogP contribution >= 0.6 is 0 Å². The third-order valence-electron chi connectivity index (χ3n) is 5.02. The maximum Gasteiger partial charge on any atom is 0.225 e. The SMILES string of the molecule is c1ccc(-c2cc(NC[C@@H]3CCCO3)nc(NC3CCCC3)n2)cc1. The number of hydrogen-bond acceptors (Lipinski definition) is 5. The Morgan fingerprint density at radius 1 is 1.00 bits per heavy atom. The minimum absolute atomic E-state index is 0.293. The fourth-order valence-corrected chi connectivity index (χ4v) is 3.64. The largest absolute Gasteiger partial charge is 0.376 e. The number of nitrogens with zero attached hydrogens (tertiary/aromatic N) is 2.